The Bertz CT molecular complexity index is 555. The summed E-state index contributed by atoms with van der Waals surface area (Å²) in [6.45, 7) is 2.00. The van der Waals surface area contributed by atoms with Crippen molar-refractivity contribution >= 4 is 15.9 Å². The lowest BCUT2D eigenvalue weighted by Crippen LogP contribution is -2.20. The van der Waals surface area contributed by atoms with Crippen LogP contribution in [0.3, 0.4) is 0 Å². The molecule has 0 bridgehead atoms. The summed E-state index contributed by atoms with van der Waals surface area (Å²) in [5.74, 6) is -0.195. The maximum absolute atomic E-state index is 13.3. The SMILES string of the molecule is CNC(Cc1cc(F)ccc1C)c1ccc(Br)cn1. The lowest BCUT2D eigenvalue weighted by Gasteiger charge is -2.17. The van der Waals surface area contributed by atoms with Crippen molar-refractivity contribution in [3.63, 3.8) is 0 Å². The van der Waals surface area contributed by atoms with E-state index in [1.54, 1.807) is 12.3 Å². The van der Waals surface area contributed by atoms with Gasteiger partial charge >= 0.3 is 0 Å². The molecule has 0 radical (unpaired) electrons. The molecule has 1 unspecified atom stereocenters. The van der Waals surface area contributed by atoms with Crippen LogP contribution in [0.25, 0.3) is 0 Å². The van der Waals surface area contributed by atoms with Gasteiger partial charge in [-0.15, -0.1) is 0 Å². The summed E-state index contributed by atoms with van der Waals surface area (Å²) in [5.41, 5.74) is 3.05. The Morgan fingerprint density at radius 2 is 2.11 bits per heavy atom. The number of pyridine rings is 1. The molecule has 0 aliphatic heterocycles. The number of hydrogen-bond donors (Lipinski definition) is 1. The molecule has 0 aliphatic carbocycles. The number of likely N-dealkylation sites (N-methyl/N-ethyl adjacent to an activating group) is 1. The van der Waals surface area contributed by atoms with Crippen molar-refractivity contribution in [2.75, 3.05) is 7.05 Å². The predicted molar refractivity (Wildman–Crippen MR) is 78.6 cm³/mol. The van der Waals surface area contributed by atoms with E-state index in [0.717, 1.165) is 21.3 Å². The first-order valence-corrected chi connectivity index (χ1v) is 6.93. The van der Waals surface area contributed by atoms with Gasteiger partial charge in [-0.1, -0.05) is 6.07 Å². The fraction of sp³-hybridized carbons (Fsp3) is 0.267. The van der Waals surface area contributed by atoms with Crippen molar-refractivity contribution in [2.24, 2.45) is 0 Å². The van der Waals surface area contributed by atoms with Gasteiger partial charge in [0.25, 0.3) is 0 Å². The Labute approximate surface area is 121 Å². The molecular formula is C15H16BrFN2. The summed E-state index contributed by atoms with van der Waals surface area (Å²) in [7, 11) is 1.89. The minimum atomic E-state index is -0.195. The number of halogens is 2. The van der Waals surface area contributed by atoms with Gasteiger partial charge < -0.3 is 5.32 Å². The number of nitrogens with one attached hydrogen (secondary N) is 1. The summed E-state index contributed by atoms with van der Waals surface area (Å²) in [4.78, 5) is 4.39. The van der Waals surface area contributed by atoms with Gasteiger partial charge in [0.2, 0.25) is 0 Å². The van der Waals surface area contributed by atoms with Gasteiger partial charge in [0.05, 0.1) is 11.7 Å². The fourth-order valence-corrected chi connectivity index (χ4v) is 2.26. The minimum absolute atomic E-state index is 0.0774. The molecule has 1 aromatic heterocycles. The molecule has 1 N–H and O–H groups in total. The summed E-state index contributed by atoms with van der Waals surface area (Å²) in [6, 6.07) is 8.91. The molecule has 0 saturated carbocycles. The van der Waals surface area contributed by atoms with Crippen LogP contribution < -0.4 is 5.32 Å². The van der Waals surface area contributed by atoms with Crippen LogP contribution in [0, 0.1) is 12.7 Å². The smallest absolute Gasteiger partial charge is 0.123 e. The molecule has 2 rings (SSSR count). The van der Waals surface area contributed by atoms with E-state index in [-0.39, 0.29) is 11.9 Å². The maximum atomic E-state index is 13.3. The summed E-state index contributed by atoms with van der Waals surface area (Å²) < 4.78 is 14.3. The Balaban J connectivity index is 2.23. The lowest BCUT2D eigenvalue weighted by atomic mass is 9.99. The van der Waals surface area contributed by atoms with E-state index in [9.17, 15) is 4.39 Å². The van der Waals surface area contributed by atoms with E-state index in [1.165, 1.54) is 6.07 Å². The average Bonchev–Trinajstić information content (AvgIpc) is 2.41. The highest BCUT2D eigenvalue weighted by atomic mass is 79.9. The van der Waals surface area contributed by atoms with Crippen molar-refractivity contribution in [3.8, 4) is 0 Å². The van der Waals surface area contributed by atoms with Crippen LogP contribution in [0.15, 0.2) is 41.0 Å². The first-order valence-electron chi connectivity index (χ1n) is 6.14. The van der Waals surface area contributed by atoms with E-state index >= 15 is 0 Å². The second kappa shape index (κ2) is 6.26. The monoisotopic (exact) mass is 322 g/mol. The van der Waals surface area contributed by atoms with Gasteiger partial charge in [0.15, 0.2) is 0 Å². The van der Waals surface area contributed by atoms with Crippen LogP contribution in [-0.2, 0) is 6.42 Å². The van der Waals surface area contributed by atoms with Crippen molar-refractivity contribution < 1.29 is 4.39 Å². The first kappa shape index (κ1) is 14.2. The van der Waals surface area contributed by atoms with Gasteiger partial charge in [-0.2, -0.15) is 0 Å². The van der Waals surface area contributed by atoms with Crippen LogP contribution in [0.2, 0.25) is 0 Å². The second-order valence-corrected chi connectivity index (χ2v) is 5.43. The average molecular weight is 323 g/mol. The summed E-state index contributed by atoms with van der Waals surface area (Å²) >= 11 is 3.37. The Kier molecular flexibility index (Phi) is 4.66. The van der Waals surface area contributed by atoms with E-state index in [4.69, 9.17) is 0 Å². The highest BCUT2D eigenvalue weighted by molar-refractivity contribution is 9.10. The van der Waals surface area contributed by atoms with Crippen LogP contribution in [0.1, 0.15) is 22.9 Å². The third kappa shape index (κ3) is 3.61. The molecule has 0 aliphatic rings. The van der Waals surface area contributed by atoms with Gasteiger partial charge in [0, 0.05) is 10.7 Å². The molecule has 4 heteroatoms. The van der Waals surface area contributed by atoms with Gasteiger partial charge in [-0.3, -0.25) is 4.98 Å². The number of hydrogen-bond acceptors (Lipinski definition) is 2. The largest absolute Gasteiger partial charge is 0.311 e. The standard InChI is InChI=1S/C15H16BrFN2/c1-10-3-5-13(17)7-11(10)8-15(18-2)14-6-4-12(16)9-19-14/h3-7,9,15,18H,8H2,1-2H3. The van der Waals surface area contributed by atoms with Crippen molar-refractivity contribution in [1.29, 1.82) is 0 Å². The molecule has 100 valence electrons. The van der Waals surface area contributed by atoms with Gasteiger partial charge in [0.1, 0.15) is 5.82 Å². The second-order valence-electron chi connectivity index (χ2n) is 4.52. The predicted octanol–water partition coefficient (Wildman–Crippen LogP) is 3.79. The third-order valence-corrected chi connectivity index (χ3v) is 3.66. The number of nitrogens with zero attached hydrogens (tertiary/aromatic N) is 1. The molecule has 1 heterocycles. The molecule has 1 atom stereocenters. The van der Waals surface area contributed by atoms with E-state index < -0.39 is 0 Å². The molecule has 0 saturated heterocycles. The van der Waals surface area contributed by atoms with E-state index in [2.05, 4.69) is 26.2 Å². The van der Waals surface area contributed by atoms with E-state index in [1.807, 2.05) is 32.2 Å². The van der Waals surface area contributed by atoms with Crippen LogP contribution in [0.5, 0.6) is 0 Å². The lowest BCUT2D eigenvalue weighted by molar-refractivity contribution is 0.568. The Morgan fingerprint density at radius 1 is 1.32 bits per heavy atom. The van der Waals surface area contributed by atoms with Crippen molar-refractivity contribution in [3.05, 3.63) is 63.6 Å². The highest BCUT2D eigenvalue weighted by Crippen LogP contribution is 2.20. The summed E-state index contributed by atoms with van der Waals surface area (Å²) in [5, 5.41) is 3.23. The zero-order valence-corrected chi connectivity index (χ0v) is 12.5. The molecule has 2 aromatic rings. The molecule has 0 fully saturated rings. The molecule has 2 nitrogen and oxygen atoms in total. The quantitative estimate of drug-likeness (QED) is 0.926. The third-order valence-electron chi connectivity index (χ3n) is 3.19. The number of aryl methyl sites for hydroxylation is 1. The van der Waals surface area contributed by atoms with Crippen LogP contribution in [-0.4, -0.2) is 12.0 Å². The van der Waals surface area contributed by atoms with Crippen LogP contribution >= 0.6 is 15.9 Å². The van der Waals surface area contributed by atoms with Gasteiger partial charge in [-0.25, -0.2) is 4.39 Å². The number of benzene rings is 1. The summed E-state index contributed by atoms with van der Waals surface area (Å²) in [6.07, 6.45) is 2.49. The van der Waals surface area contributed by atoms with Crippen molar-refractivity contribution in [2.45, 2.75) is 19.4 Å². The highest BCUT2D eigenvalue weighted by Gasteiger charge is 2.13. The zero-order chi connectivity index (χ0) is 13.8. The topological polar surface area (TPSA) is 24.9 Å². The minimum Gasteiger partial charge on any atom is -0.311 e. The first-order chi connectivity index (χ1) is 9.10. The molecule has 0 spiro atoms. The Hall–Kier alpha value is -1.26. The molecule has 19 heavy (non-hydrogen) atoms. The number of rotatable bonds is 4. The molecule has 0 amide bonds. The zero-order valence-electron chi connectivity index (χ0n) is 11.0. The van der Waals surface area contributed by atoms with Crippen molar-refractivity contribution in [1.82, 2.24) is 10.3 Å². The van der Waals surface area contributed by atoms with E-state index in [0.29, 0.717) is 6.42 Å². The normalized spacial score (nSPS) is 12.4. The fourth-order valence-electron chi connectivity index (χ4n) is 2.03. The molecule has 1 aromatic carbocycles. The number of aromatic nitrogens is 1. The molecular weight excluding hydrogens is 307 g/mol. The maximum Gasteiger partial charge on any atom is 0.123 e. The van der Waals surface area contributed by atoms with Crippen LogP contribution in [0.4, 0.5) is 4.39 Å². The van der Waals surface area contributed by atoms with Gasteiger partial charge in [-0.05, 0) is 71.7 Å². The Morgan fingerprint density at radius 3 is 2.74 bits per heavy atom.